The highest BCUT2D eigenvalue weighted by atomic mass is 16.3. The van der Waals surface area contributed by atoms with Crippen molar-refractivity contribution in [3.05, 3.63) is 65.0 Å². The lowest BCUT2D eigenvalue weighted by atomic mass is 9.92. The molecular weight excluding hydrogens is 456 g/mol. The van der Waals surface area contributed by atoms with Crippen LogP contribution in [0.4, 0.5) is 5.69 Å². The Hall–Kier alpha value is -3.56. The zero-order chi connectivity index (χ0) is 24.8. The Kier molecular flexibility index (Phi) is 5.81. The Morgan fingerprint density at radius 1 is 1.06 bits per heavy atom. The van der Waals surface area contributed by atoms with Gasteiger partial charge >= 0.3 is 0 Å². The first-order valence-corrected chi connectivity index (χ1v) is 12.6. The molecule has 2 aromatic heterocycles. The highest BCUT2D eigenvalue weighted by Gasteiger charge is 2.28. The van der Waals surface area contributed by atoms with Crippen molar-refractivity contribution < 1.29 is 9.90 Å². The summed E-state index contributed by atoms with van der Waals surface area (Å²) in [6.07, 6.45) is 8.10. The predicted molar refractivity (Wildman–Crippen MR) is 138 cm³/mol. The highest BCUT2D eigenvalue weighted by Crippen LogP contribution is 2.30. The number of aliphatic hydroxyl groups excluding tert-OH is 1. The average molecular weight is 487 g/mol. The lowest BCUT2D eigenvalue weighted by Gasteiger charge is -2.33. The van der Waals surface area contributed by atoms with E-state index in [1.54, 1.807) is 26.7 Å². The van der Waals surface area contributed by atoms with Crippen LogP contribution < -0.4 is 10.5 Å². The fourth-order valence-electron chi connectivity index (χ4n) is 5.75. The van der Waals surface area contributed by atoms with Crippen molar-refractivity contribution >= 4 is 33.3 Å². The second kappa shape index (κ2) is 9.15. The van der Waals surface area contributed by atoms with Crippen LogP contribution in [0.1, 0.15) is 37.3 Å². The van der Waals surface area contributed by atoms with Gasteiger partial charge in [0.2, 0.25) is 5.91 Å². The molecule has 0 radical (unpaired) electrons. The Labute approximate surface area is 208 Å². The molecule has 1 amide bonds. The van der Waals surface area contributed by atoms with Gasteiger partial charge in [-0.1, -0.05) is 37.1 Å². The van der Waals surface area contributed by atoms with Crippen molar-refractivity contribution in [2.75, 3.05) is 24.5 Å². The van der Waals surface area contributed by atoms with Crippen molar-refractivity contribution in [3.63, 3.8) is 0 Å². The standard InChI is InChI=1S/C27H30N6O3/c1-30-15-19(13-29-30)32-11-10-31(16-25(32)35)14-18-12-22-26(21-7-3-2-6-20(18)21)28-17-33(27(22)36)23-8-4-5-9-24(23)34/h2-3,6-7,12-13,15,17,23-24,34H,4-5,8-11,14,16H2,1H3/t23-,24-/m1/s1. The van der Waals surface area contributed by atoms with E-state index in [-0.39, 0.29) is 17.5 Å². The first kappa shape index (κ1) is 22.9. The molecule has 186 valence electrons. The fraction of sp³-hybridized carbons (Fsp3) is 0.407. The second-order valence-electron chi connectivity index (χ2n) is 9.98. The van der Waals surface area contributed by atoms with Crippen LogP contribution in [0.25, 0.3) is 21.7 Å². The molecule has 1 aliphatic carbocycles. The zero-order valence-corrected chi connectivity index (χ0v) is 20.4. The maximum absolute atomic E-state index is 13.6. The molecule has 4 aromatic rings. The molecule has 0 spiro atoms. The summed E-state index contributed by atoms with van der Waals surface area (Å²) in [5.74, 6) is 0.0367. The maximum atomic E-state index is 13.6. The van der Waals surface area contributed by atoms with Gasteiger partial charge in [0.05, 0.1) is 47.8 Å². The lowest BCUT2D eigenvalue weighted by Crippen LogP contribution is -2.50. The number of aryl methyl sites for hydroxylation is 1. The summed E-state index contributed by atoms with van der Waals surface area (Å²) in [6, 6.07) is 9.70. The zero-order valence-electron chi connectivity index (χ0n) is 20.4. The largest absolute Gasteiger partial charge is 0.391 e. The maximum Gasteiger partial charge on any atom is 0.261 e. The average Bonchev–Trinajstić information content (AvgIpc) is 3.31. The van der Waals surface area contributed by atoms with Gasteiger partial charge in [0.25, 0.3) is 5.56 Å². The van der Waals surface area contributed by atoms with Gasteiger partial charge in [-0.15, -0.1) is 0 Å². The summed E-state index contributed by atoms with van der Waals surface area (Å²) < 4.78 is 3.32. The topological polar surface area (TPSA) is 96.5 Å². The molecular formula is C27H30N6O3. The van der Waals surface area contributed by atoms with Crippen molar-refractivity contribution in [1.29, 1.82) is 0 Å². The van der Waals surface area contributed by atoms with Gasteiger partial charge in [-0.2, -0.15) is 5.10 Å². The fourth-order valence-corrected chi connectivity index (χ4v) is 5.75. The first-order valence-electron chi connectivity index (χ1n) is 12.6. The molecule has 2 atom stereocenters. The molecule has 36 heavy (non-hydrogen) atoms. The summed E-state index contributed by atoms with van der Waals surface area (Å²) >= 11 is 0. The summed E-state index contributed by atoms with van der Waals surface area (Å²) in [7, 11) is 1.84. The van der Waals surface area contributed by atoms with E-state index in [1.807, 2.05) is 37.5 Å². The molecule has 9 heteroatoms. The van der Waals surface area contributed by atoms with Gasteiger partial charge in [-0.05, 0) is 29.9 Å². The van der Waals surface area contributed by atoms with Gasteiger partial charge < -0.3 is 10.0 Å². The first-order chi connectivity index (χ1) is 17.5. The van der Waals surface area contributed by atoms with Crippen LogP contribution in [0.2, 0.25) is 0 Å². The number of aliphatic hydroxyl groups is 1. The van der Waals surface area contributed by atoms with E-state index in [9.17, 15) is 14.7 Å². The number of rotatable bonds is 4. The van der Waals surface area contributed by atoms with Crippen LogP contribution in [0.15, 0.2) is 53.8 Å². The minimum absolute atomic E-state index is 0.0367. The molecule has 1 N–H and O–H groups in total. The number of amides is 1. The molecule has 9 nitrogen and oxygen atoms in total. The van der Waals surface area contributed by atoms with Crippen LogP contribution in [0.5, 0.6) is 0 Å². The van der Waals surface area contributed by atoms with Crippen LogP contribution in [-0.2, 0) is 18.4 Å². The van der Waals surface area contributed by atoms with Crippen LogP contribution >= 0.6 is 0 Å². The Morgan fingerprint density at radius 3 is 2.61 bits per heavy atom. The van der Waals surface area contributed by atoms with E-state index in [4.69, 9.17) is 4.98 Å². The van der Waals surface area contributed by atoms with E-state index in [0.29, 0.717) is 37.0 Å². The number of benzene rings is 2. The predicted octanol–water partition coefficient (Wildman–Crippen LogP) is 2.61. The molecule has 1 saturated carbocycles. The van der Waals surface area contributed by atoms with Crippen molar-refractivity contribution in [1.82, 2.24) is 24.2 Å². The van der Waals surface area contributed by atoms with E-state index < -0.39 is 6.10 Å². The smallest absolute Gasteiger partial charge is 0.261 e. The normalized spacial score (nSPS) is 21.5. The van der Waals surface area contributed by atoms with Crippen molar-refractivity contribution in [2.45, 2.75) is 44.4 Å². The molecule has 0 unspecified atom stereocenters. The number of hydrogen-bond acceptors (Lipinski definition) is 6. The quantitative estimate of drug-likeness (QED) is 0.446. The third-order valence-electron chi connectivity index (χ3n) is 7.63. The summed E-state index contributed by atoms with van der Waals surface area (Å²) in [6.45, 7) is 2.17. The highest BCUT2D eigenvalue weighted by molar-refractivity contribution is 6.06. The van der Waals surface area contributed by atoms with Crippen LogP contribution in [0.3, 0.4) is 0 Å². The number of carbonyl (C=O) groups excluding carboxylic acids is 1. The Balaban J connectivity index is 1.35. The summed E-state index contributed by atoms with van der Waals surface area (Å²) in [4.78, 5) is 35.2. The Bertz CT molecular complexity index is 1510. The minimum atomic E-state index is -0.530. The van der Waals surface area contributed by atoms with Crippen LogP contribution in [0, 0.1) is 0 Å². The summed E-state index contributed by atoms with van der Waals surface area (Å²) in [5, 5.41) is 17.3. The van der Waals surface area contributed by atoms with E-state index in [1.165, 1.54) is 0 Å². The number of aromatic nitrogens is 4. The molecule has 6 rings (SSSR count). The molecule has 1 saturated heterocycles. The molecule has 3 heterocycles. The number of fused-ring (bicyclic) bond motifs is 3. The Morgan fingerprint density at radius 2 is 1.86 bits per heavy atom. The third-order valence-corrected chi connectivity index (χ3v) is 7.63. The van der Waals surface area contributed by atoms with Crippen LogP contribution in [-0.4, -0.2) is 61.0 Å². The number of piperazine rings is 1. The SMILES string of the molecule is Cn1cc(N2CCN(Cc3cc4c(=O)n([C@@H]5CCCC[C@H]5O)cnc4c4ccccc34)CC2=O)cn1. The molecule has 2 aromatic carbocycles. The van der Waals surface area contributed by atoms with E-state index >= 15 is 0 Å². The van der Waals surface area contributed by atoms with E-state index in [2.05, 4.69) is 16.1 Å². The third kappa shape index (κ3) is 3.98. The molecule has 2 fully saturated rings. The molecule has 1 aliphatic heterocycles. The van der Waals surface area contributed by atoms with Gasteiger partial charge in [-0.3, -0.25) is 23.7 Å². The van der Waals surface area contributed by atoms with Gasteiger partial charge in [0, 0.05) is 38.3 Å². The monoisotopic (exact) mass is 486 g/mol. The number of carbonyl (C=O) groups is 1. The second-order valence-corrected chi connectivity index (χ2v) is 9.98. The lowest BCUT2D eigenvalue weighted by molar-refractivity contribution is -0.121. The number of nitrogens with zero attached hydrogens (tertiary/aromatic N) is 6. The molecule has 0 bridgehead atoms. The minimum Gasteiger partial charge on any atom is -0.391 e. The summed E-state index contributed by atoms with van der Waals surface area (Å²) in [5.41, 5.74) is 2.38. The van der Waals surface area contributed by atoms with Crippen molar-refractivity contribution in [3.8, 4) is 0 Å². The van der Waals surface area contributed by atoms with Crippen molar-refractivity contribution in [2.24, 2.45) is 7.05 Å². The number of hydrogen-bond donors (Lipinski definition) is 1. The van der Waals surface area contributed by atoms with Gasteiger partial charge in [0.1, 0.15) is 0 Å². The van der Waals surface area contributed by atoms with Gasteiger partial charge in [0.15, 0.2) is 0 Å². The van der Waals surface area contributed by atoms with E-state index in [0.717, 1.165) is 47.8 Å². The number of anilines is 1. The van der Waals surface area contributed by atoms with Gasteiger partial charge in [-0.25, -0.2) is 4.98 Å². The molecule has 2 aliphatic rings.